The van der Waals surface area contributed by atoms with Gasteiger partial charge in [0.1, 0.15) is 0 Å². The summed E-state index contributed by atoms with van der Waals surface area (Å²) in [6, 6.07) is 0.516. The maximum atomic E-state index is 6.34. The molecule has 2 heterocycles. The molecule has 0 amide bonds. The largest absolute Gasteiger partial charge is 0.381 e. The van der Waals surface area contributed by atoms with Crippen LogP contribution in [0.1, 0.15) is 71.6 Å². The Bertz CT molecular complexity index is 479. The quantitative estimate of drug-likeness (QED) is 0.453. The Kier molecular flexibility index (Phi) is 9.53. The number of nitrogens with one attached hydrogen (secondary N) is 2. The van der Waals surface area contributed by atoms with Crippen molar-refractivity contribution in [2.75, 3.05) is 52.5 Å². The van der Waals surface area contributed by atoms with Crippen molar-refractivity contribution in [3.8, 4) is 0 Å². The van der Waals surface area contributed by atoms with Crippen LogP contribution >= 0.6 is 0 Å². The van der Waals surface area contributed by atoms with Gasteiger partial charge in [-0.3, -0.25) is 4.99 Å². The Balaban J connectivity index is 1.48. The highest BCUT2D eigenvalue weighted by Crippen LogP contribution is 2.32. The molecule has 0 aromatic carbocycles. The fourth-order valence-corrected chi connectivity index (χ4v) is 4.95. The van der Waals surface area contributed by atoms with E-state index in [0.717, 1.165) is 64.1 Å². The zero-order valence-corrected chi connectivity index (χ0v) is 18.9. The normalized spacial score (nSPS) is 26.6. The Hall–Kier alpha value is -0.850. The summed E-state index contributed by atoms with van der Waals surface area (Å²) < 4.78 is 11.9. The first-order valence-corrected chi connectivity index (χ1v) is 12.2. The highest BCUT2D eigenvalue weighted by Gasteiger charge is 2.33. The monoisotopic (exact) mass is 408 g/mol. The molecule has 3 aliphatic rings. The first kappa shape index (κ1) is 22.8. The highest BCUT2D eigenvalue weighted by atomic mass is 16.5. The van der Waals surface area contributed by atoms with Crippen molar-refractivity contribution in [1.29, 1.82) is 0 Å². The minimum atomic E-state index is -0.0384. The Morgan fingerprint density at radius 3 is 2.59 bits per heavy atom. The molecule has 6 nitrogen and oxygen atoms in total. The number of ether oxygens (including phenoxy) is 2. The van der Waals surface area contributed by atoms with E-state index in [1.165, 1.54) is 58.2 Å². The van der Waals surface area contributed by atoms with Crippen LogP contribution in [0, 0.1) is 5.92 Å². The van der Waals surface area contributed by atoms with E-state index in [1.54, 1.807) is 0 Å². The average molecular weight is 409 g/mol. The molecule has 2 aliphatic heterocycles. The molecule has 3 rings (SSSR count). The standard InChI is InChI=1S/C23H44N4O2/c1-3-15-29-23(11-6-5-7-12-23)19-25-22(24-4-2)26-21-8-13-27(14-9-21)17-20-10-16-28-18-20/h20-21H,3-19H2,1-2H3,(H2,24,25,26). The SMILES string of the molecule is CCCOC1(CN=C(NCC)NC2CCN(CC3CCOC3)CC2)CCCCC1. The van der Waals surface area contributed by atoms with E-state index in [4.69, 9.17) is 14.5 Å². The van der Waals surface area contributed by atoms with Crippen molar-refractivity contribution in [1.82, 2.24) is 15.5 Å². The molecule has 0 aromatic rings. The zero-order valence-electron chi connectivity index (χ0n) is 18.9. The topological polar surface area (TPSA) is 58.1 Å². The lowest BCUT2D eigenvalue weighted by molar-refractivity contribution is -0.0624. The second kappa shape index (κ2) is 12.1. The van der Waals surface area contributed by atoms with Gasteiger partial charge >= 0.3 is 0 Å². The van der Waals surface area contributed by atoms with E-state index < -0.39 is 0 Å². The van der Waals surface area contributed by atoms with E-state index in [9.17, 15) is 0 Å². The van der Waals surface area contributed by atoms with Gasteiger partial charge in [0.2, 0.25) is 0 Å². The minimum Gasteiger partial charge on any atom is -0.381 e. The van der Waals surface area contributed by atoms with Gasteiger partial charge in [0, 0.05) is 45.4 Å². The van der Waals surface area contributed by atoms with Gasteiger partial charge in [-0.15, -0.1) is 0 Å². The zero-order chi connectivity index (χ0) is 20.4. The van der Waals surface area contributed by atoms with Crippen molar-refractivity contribution < 1.29 is 9.47 Å². The van der Waals surface area contributed by atoms with Gasteiger partial charge in [-0.25, -0.2) is 0 Å². The number of hydrogen-bond acceptors (Lipinski definition) is 4. The molecule has 2 saturated heterocycles. The first-order valence-electron chi connectivity index (χ1n) is 12.2. The molecule has 168 valence electrons. The number of nitrogens with zero attached hydrogens (tertiary/aromatic N) is 2. The van der Waals surface area contributed by atoms with Gasteiger partial charge in [-0.05, 0) is 51.4 Å². The summed E-state index contributed by atoms with van der Waals surface area (Å²) in [5, 5.41) is 7.18. The molecule has 2 N–H and O–H groups in total. The molecule has 1 aliphatic carbocycles. The summed E-state index contributed by atoms with van der Waals surface area (Å²) in [5.41, 5.74) is -0.0384. The van der Waals surface area contributed by atoms with Gasteiger partial charge in [0.25, 0.3) is 0 Å². The molecule has 1 atom stereocenters. The number of hydrogen-bond donors (Lipinski definition) is 2. The lowest BCUT2D eigenvalue weighted by Gasteiger charge is -2.37. The van der Waals surface area contributed by atoms with E-state index in [1.807, 2.05) is 0 Å². The van der Waals surface area contributed by atoms with Crippen LogP contribution in [0.2, 0.25) is 0 Å². The predicted molar refractivity (Wildman–Crippen MR) is 120 cm³/mol. The van der Waals surface area contributed by atoms with Crippen LogP contribution in [0.25, 0.3) is 0 Å². The number of likely N-dealkylation sites (tertiary alicyclic amines) is 1. The summed E-state index contributed by atoms with van der Waals surface area (Å²) in [4.78, 5) is 7.62. The Morgan fingerprint density at radius 2 is 1.93 bits per heavy atom. The van der Waals surface area contributed by atoms with Crippen molar-refractivity contribution in [3.05, 3.63) is 0 Å². The lowest BCUT2D eigenvalue weighted by Crippen LogP contribution is -2.50. The fraction of sp³-hybridized carbons (Fsp3) is 0.957. The number of guanidine groups is 1. The van der Waals surface area contributed by atoms with Crippen LogP contribution in [0.5, 0.6) is 0 Å². The van der Waals surface area contributed by atoms with Crippen LogP contribution < -0.4 is 10.6 Å². The number of aliphatic imine (C=N–C) groups is 1. The van der Waals surface area contributed by atoms with E-state index in [2.05, 4.69) is 29.4 Å². The summed E-state index contributed by atoms with van der Waals surface area (Å²) in [5.74, 6) is 1.72. The number of piperidine rings is 1. The van der Waals surface area contributed by atoms with Gasteiger partial charge in [0.05, 0.1) is 18.8 Å². The van der Waals surface area contributed by atoms with Gasteiger partial charge in [0.15, 0.2) is 5.96 Å². The van der Waals surface area contributed by atoms with Gasteiger partial charge < -0.3 is 25.0 Å². The smallest absolute Gasteiger partial charge is 0.191 e. The third-order valence-electron chi connectivity index (χ3n) is 6.72. The molecule has 0 spiro atoms. The third-order valence-corrected chi connectivity index (χ3v) is 6.72. The first-order chi connectivity index (χ1) is 14.2. The van der Waals surface area contributed by atoms with Crippen molar-refractivity contribution in [3.63, 3.8) is 0 Å². The van der Waals surface area contributed by atoms with Crippen molar-refractivity contribution in [2.45, 2.75) is 83.3 Å². The molecule has 0 bridgehead atoms. The van der Waals surface area contributed by atoms with Crippen molar-refractivity contribution in [2.24, 2.45) is 10.9 Å². The van der Waals surface area contributed by atoms with Crippen molar-refractivity contribution >= 4 is 5.96 Å². The van der Waals surface area contributed by atoms with E-state index >= 15 is 0 Å². The average Bonchev–Trinajstić information content (AvgIpc) is 3.26. The highest BCUT2D eigenvalue weighted by molar-refractivity contribution is 5.80. The summed E-state index contributed by atoms with van der Waals surface area (Å²) in [6.45, 7) is 12.3. The van der Waals surface area contributed by atoms with Crippen LogP contribution in [-0.2, 0) is 9.47 Å². The lowest BCUT2D eigenvalue weighted by atomic mass is 9.84. The van der Waals surface area contributed by atoms with Gasteiger partial charge in [-0.1, -0.05) is 26.2 Å². The molecule has 6 heteroatoms. The minimum absolute atomic E-state index is 0.0384. The van der Waals surface area contributed by atoms with Crippen LogP contribution in [0.3, 0.4) is 0 Å². The maximum Gasteiger partial charge on any atom is 0.191 e. The molecule has 1 saturated carbocycles. The maximum absolute atomic E-state index is 6.34. The third kappa shape index (κ3) is 7.41. The summed E-state index contributed by atoms with van der Waals surface area (Å²) in [6.07, 6.45) is 10.9. The van der Waals surface area contributed by atoms with Crippen LogP contribution in [0.4, 0.5) is 0 Å². The molecule has 3 fully saturated rings. The fourth-order valence-electron chi connectivity index (χ4n) is 4.95. The van der Waals surface area contributed by atoms with Gasteiger partial charge in [-0.2, -0.15) is 0 Å². The molecular formula is C23H44N4O2. The number of rotatable bonds is 9. The van der Waals surface area contributed by atoms with Crippen LogP contribution in [0.15, 0.2) is 4.99 Å². The van der Waals surface area contributed by atoms with E-state index in [-0.39, 0.29) is 5.60 Å². The van der Waals surface area contributed by atoms with E-state index in [0.29, 0.717) is 6.04 Å². The Labute approximate surface area is 178 Å². The molecule has 29 heavy (non-hydrogen) atoms. The second-order valence-corrected chi connectivity index (χ2v) is 9.24. The molecule has 1 unspecified atom stereocenters. The molecule has 0 aromatic heterocycles. The second-order valence-electron chi connectivity index (χ2n) is 9.24. The predicted octanol–water partition coefficient (Wildman–Crippen LogP) is 3.17. The molecule has 0 radical (unpaired) electrons. The Morgan fingerprint density at radius 1 is 1.14 bits per heavy atom. The summed E-state index contributed by atoms with van der Waals surface area (Å²) in [7, 11) is 0. The summed E-state index contributed by atoms with van der Waals surface area (Å²) >= 11 is 0. The molecular weight excluding hydrogens is 364 g/mol. The van der Waals surface area contributed by atoms with Crippen LogP contribution in [-0.4, -0.2) is 75.0 Å².